The Hall–Kier alpha value is -1.19. The van der Waals surface area contributed by atoms with Crippen LogP contribution >= 0.6 is 0 Å². The van der Waals surface area contributed by atoms with Crippen molar-refractivity contribution in [1.82, 2.24) is 9.62 Å². The van der Waals surface area contributed by atoms with Crippen molar-refractivity contribution in [3.05, 3.63) is 0 Å². The van der Waals surface area contributed by atoms with E-state index in [9.17, 15) is 18.0 Å². The quantitative estimate of drug-likeness (QED) is 0.625. The molecule has 0 bridgehead atoms. The van der Waals surface area contributed by atoms with E-state index in [0.29, 0.717) is 25.9 Å². The van der Waals surface area contributed by atoms with Crippen molar-refractivity contribution >= 4 is 21.9 Å². The first-order valence-corrected chi connectivity index (χ1v) is 8.02. The lowest BCUT2D eigenvalue weighted by Gasteiger charge is -2.31. The second-order valence-corrected chi connectivity index (χ2v) is 6.79. The number of carboxylic acids is 1. The molecule has 9 heteroatoms. The van der Waals surface area contributed by atoms with Crippen molar-refractivity contribution < 1.29 is 27.9 Å². The van der Waals surface area contributed by atoms with Gasteiger partial charge in [0, 0.05) is 19.1 Å². The van der Waals surface area contributed by atoms with Gasteiger partial charge in [-0.25, -0.2) is 17.5 Å². The van der Waals surface area contributed by atoms with E-state index in [1.54, 1.807) is 6.92 Å². The number of aliphatic carboxylic acids is 1. The molecule has 1 heterocycles. The van der Waals surface area contributed by atoms with Gasteiger partial charge in [-0.3, -0.25) is 4.79 Å². The topological polar surface area (TPSA) is 113 Å². The Morgan fingerprint density at radius 3 is 2.40 bits per heavy atom. The smallest absolute Gasteiger partial charge is 0.329 e. The van der Waals surface area contributed by atoms with Gasteiger partial charge in [0.2, 0.25) is 15.9 Å². The first kappa shape index (κ1) is 16.9. The number of carbonyl (C=O) groups is 2. The van der Waals surface area contributed by atoms with Gasteiger partial charge in [-0.05, 0) is 19.8 Å². The van der Waals surface area contributed by atoms with Gasteiger partial charge < -0.3 is 15.2 Å². The molecular formula is C11H20N2O6S. The summed E-state index contributed by atoms with van der Waals surface area (Å²) in [5.74, 6) is -1.44. The van der Waals surface area contributed by atoms with Crippen LogP contribution in [0.4, 0.5) is 0 Å². The van der Waals surface area contributed by atoms with Gasteiger partial charge in [0.1, 0.15) is 13.2 Å². The minimum atomic E-state index is -3.17. The maximum absolute atomic E-state index is 11.7. The minimum Gasteiger partial charge on any atom is -0.480 e. The van der Waals surface area contributed by atoms with E-state index in [1.165, 1.54) is 4.31 Å². The van der Waals surface area contributed by atoms with Crippen LogP contribution in [0, 0.1) is 0 Å². The summed E-state index contributed by atoms with van der Waals surface area (Å²) in [6, 6.07) is -0.0979. The molecule has 0 aromatic rings. The largest absolute Gasteiger partial charge is 0.480 e. The molecule has 0 spiro atoms. The zero-order valence-corrected chi connectivity index (χ0v) is 12.2. The summed E-state index contributed by atoms with van der Waals surface area (Å²) >= 11 is 0. The number of hydrogen-bond donors (Lipinski definition) is 2. The average Bonchev–Trinajstić information content (AvgIpc) is 2.39. The number of nitrogens with one attached hydrogen (secondary N) is 1. The normalized spacial score (nSPS) is 17.9. The fourth-order valence-corrected chi connectivity index (χ4v) is 3.09. The SMILES string of the molecule is CCS(=O)(=O)N1CCC(NC(=O)COCC(=O)O)CC1. The van der Waals surface area contributed by atoms with Crippen LogP contribution in [0.15, 0.2) is 0 Å². The van der Waals surface area contributed by atoms with Crippen molar-refractivity contribution in [2.24, 2.45) is 0 Å². The summed E-state index contributed by atoms with van der Waals surface area (Å²) in [6.07, 6.45) is 1.09. The second-order valence-electron chi connectivity index (χ2n) is 4.53. The number of amides is 1. The lowest BCUT2D eigenvalue weighted by atomic mass is 10.1. The summed E-state index contributed by atoms with van der Waals surface area (Å²) in [5, 5.41) is 11.1. The number of hydrogen-bond acceptors (Lipinski definition) is 5. The molecule has 0 aliphatic carbocycles. The third kappa shape index (κ3) is 5.43. The maximum atomic E-state index is 11.7. The Kier molecular flexibility index (Phi) is 6.37. The predicted molar refractivity (Wildman–Crippen MR) is 70.7 cm³/mol. The molecule has 1 amide bonds. The molecule has 1 aliphatic rings. The zero-order chi connectivity index (χ0) is 15.2. The Balaban J connectivity index is 2.28. The molecule has 0 aromatic heterocycles. The second kappa shape index (κ2) is 7.55. The van der Waals surface area contributed by atoms with Crippen LogP contribution in [0.2, 0.25) is 0 Å². The van der Waals surface area contributed by atoms with Gasteiger partial charge in [-0.2, -0.15) is 0 Å². The number of carbonyl (C=O) groups excluding carboxylic acids is 1. The summed E-state index contributed by atoms with van der Waals surface area (Å²) in [6.45, 7) is 1.55. The molecule has 2 N–H and O–H groups in total. The fourth-order valence-electron chi connectivity index (χ4n) is 1.96. The number of nitrogens with zero attached hydrogens (tertiary/aromatic N) is 1. The van der Waals surface area contributed by atoms with Crippen LogP contribution in [0.25, 0.3) is 0 Å². The summed E-state index contributed by atoms with van der Waals surface area (Å²) in [5.41, 5.74) is 0. The highest BCUT2D eigenvalue weighted by Gasteiger charge is 2.27. The third-order valence-corrected chi connectivity index (χ3v) is 4.92. The van der Waals surface area contributed by atoms with E-state index in [0.717, 1.165) is 0 Å². The molecule has 1 saturated heterocycles. The van der Waals surface area contributed by atoms with Gasteiger partial charge in [-0.15, -0.1) is 0 Å². The highest BCUT2D eigenvalue weighted by Crippen LogP contribution is 2.14. The fraction of sp³-hybridized carbons (Fsp3) is 0.818. The molecule has 1 fully saturated rings. The minimum absolute atomic E-state index is 0.0764. The maximum Gasteiger partial charge on any atom is 0.329 e. The summed E-state index contributed by atoms with van der Waals surface area (Å²) in [7, 11) is -3.17. The molecule has 8 nitrogen and oxygen atoms in total. The van der Waals surface area contributed by atoms with Crippen molar-refractivity contribution in [3.8, 4) is 0 Å². The number of sulfonamides is 1. The Morgan fingerprint density at radius 1 is 1.30 bits per heavy atom. The Labute approximate surface area is 118 Å². The molecule has 20 heavy (non-hydrogen) atoms. The molecule has 0 atom stereocenters. The lowest BCUT2D eigenvalue weighted by Crippen LogP contribution is -2.47. The molecule has 1 aliphatic heterocycles. The molecule has 0 radical (unpaired) electrons. The van der Waals surface area contributed by atoms with Crippen molar-refractivity contribution in [3.63, 3.8) is 0 Å². The van der Waals surface area contributed by atoms with E-state index in [1.807, 2.05) is 0 Å². The Bertz CT molecular complexity index is 442. The van der Waals surface area contributed by atoms with Gasteiger partial charge in [0.15, 0.2) is 0 Å². The van der Waals surface area contributed by atoms with Crippen molar-refractivity contribution in [2.45, 2.75) is 25.8 Å². The van der Waals surface area contributed by atoms with Crippen LogP contribution < -0.4 is 5.32 Å². The standard InChI is InChI=1S/C11H20N2O6S/c1-2-20(17,18)13-5-3-9(4-6-13)12-10(14)7-19-8-11(15)16/h9H,2-8H2,1H3,(H,12,14)(H,15,16). The summed E-state index contributed by atoms with van der Waals surface area (Å²) < 4.78 is 29.4. The lowest BCUT2D eigenvalue weighted by molar-refractivity contribution is -0.143. The third-order valence-electron chi connectivity index (χ3n) is 3.04. The average molecular weight is 308 g/mol. The highest BCUT2D eigenvalue weighted by atomic mass is 32.2. The van der Waals surface area contributed by atoms with Crippen LogP contribution in [-0.4, -0.2) is 67.8 Å². The van der Waals surface area contributed by atoms with E-state index < -0.39 is 22.6 Å². The molecular weight excluding hydrogens is 288 g/mol. The van der Waals surface area contributed by atoms with Crippen molar-refractivity contribution in [1.29, 1.82) is 0 Å². The van der Waals surface area contributed by atoms with Crippen molar-refractivity contribution in [2.75, 3.05) is 32.1 Å². The number of piperidine rings is 1. The molecule has 0 saturated carbocycles. The predicted octanol–water partition coefficient (Wildman–Crippen LogP) is -0.982. The van der Waals surface area contributed by atoms with E-state index >= 15 is 0 Å². The highest BCUT2D eigenvalue weighted by molar-refractivity contribution is 7.89. The summed E-state index contributed by atoms with van der Waals surface area (Å²) in [4.78, 5) is 21.7. The molecule has 0 unspecified atom stereocenters. The van der Waals surface area contributed by atoms with Gasteiger partial charge in [0.05, 0.1) is 5.75 Å². The van der Waals surface area contributed by atoms with E-state index in [-0.39, 0.29) is 24.3 Å². The van der Waals surface area contributed by atoms with Crippen LogP contribution in [0.5, 0.6) is 0 Å². The number of carboxylic acid groups (broad SMARTS) is 1. The first-order valence-electron chi connectivity index (χ1n) is 6.42. The number of ether oxygens (including phenoxy) is 1. The first-order chi connectivity index (χ1) is 9.35. The van der Waals surface area contributed by atoms with Gasteiger partial charge in [0.25, 0.3) is 0 Å². The van der Waals surface area contributed by atoms with Crippen LogP contribution in [-0.2, 0) is 24.3 Å². The molecule has 0 aromatic carbocycles. The van der Waals surface area contributed by atoms with E-state index in [2.05, 4.69) is 10.1 Å². The van der Waals surface area contributed by atoms with E-state index in [4.69, 9.17) is 5.11 Å². The zero-order valence-electron chi connectivity index (χ0n) is 11.4. The monoisotopic (exact) mass is 308 g/mol. The molecule has 1 rings (SSSR count). The number of rotatable bonds is 7. The van der Waals surface area contributed by atoms with Gasteiger partial charge in [-0.1, -0.05) is 0 Å². The molecule has 116 valence electrons. The van der Waals surface area contributed by atoms with Crippen LogP contribution in [0.3, 0.4) is 0 Å². The van der Waals surface area contributed by atoms with Gasteiger partial charge >= 0.3 is 5.97 Å². The van der Waals surface area contributed by atoms with Crippen LogP contribution in [0.1, 0.15) is 19.8 Å². The Morgan fingerprint density at radius 2 is 1.90 bits per heavy atom.